The molecule has 2 heterocycles. The van der Waals surface area contributed by atoms with E-state index in [1.807, 2.05) is 31.2 Å². The van der Waals surface area contributed by atoms with Gasteiger partial charge in [0, 0.05) is 23.0 Å². The van der Waals surface area contributed by atoms with Crippen molar-refractivity contribution in [2.75, 3.05) is 5.32 Å². The van der Waals surface area contributed by atoms with Crippen LogP contribution in [0.15, 0.2) is 24.3 Å². The first-order valence-electron chi connectivity index (χ1n) is 8.89. The molecule has 6 heteroatoms. The van der Waals surface area contributed by atoms with Crippen molar-refractivity contribution in [1.29, 1.82) is 0 Å². The monoisotopic (exact) mass is 366 g/mol. The van der Waals surface area contributed by atoms with Crippen LogP contribution < -0.4 is 10.6 Å². The first kappa shape index (κ1) is 17.0. The zero-order chi connectivity index (χ0) is 18.3. The molecule has 0 atom stereocenters. The molecular formula is C20H22N4OS. The maximum Gasteiger partial charge on any atom is 0.251 e. The van der Waals surface area contributed by atoms with Crippen LogP contribution in [0, 0.1) is 20.8 Å². The molecule has 134 valence electrons. The first-order valence-corrected chi connectivity index (χ1v) is 9.71. The van der Waals surface area contributed by atoms with Crippen molar-refractivity contribution in [1.82, 2.24) is 15.3 Å². The van der Waals surface area contributed by atoms with Crippen molar-refractivity contribution < 1.29 is 4.79 Å². The molecule has 1 fully saturated rings. The van der Waals surface area contributed by atoms with Crippen molar-refractivity contribution in [2.45, 2.75) is 46.2 Å². The lowest BCUT2D eigenvalue weighted by Crippen LogP contribution is -2.25. The van der Waals surface area contributed by atoms with Gasteiger partial charge < -0.3 is 10.6 Å². The summed E-state index contributed by atoms with van der Waals surface area (Å²) < 4.78 is 0. The van der Waals surface area contributed by atoms with Gasteiger partial charge in [0.05, 0.1) is 5.39 Å². The van der Waals surface area contributed by atoms with E-state index < -0.39 is 0 Å². The SMILES string of the molecule is Cc1nc(NCc2ccc(C(=O)NC3CC3)cc2)c2c(C)c(C)sc2n1. The fraction of sp³-hybridized carbons (Fsp3) is 0.350. The predicted octanol–water partition coefficient (Wildman–Crippen LogP) is 4.12. The highest BCUT2D eigenvalue weighted by atomic mass is 32.1. The number of nitrogens with zero attached hydrogens (tertiary/aromatic N) is 2. The fourth-order valence-corrected chi connectivity index (χ4v) is 4.02. The lowest BCUT2D eigenvalue weighted by atomic mass is 10.1. The summed E-state index contributed by atoms with van der Waals surface area (Å²) in [6.07, 6.45) is 2.20. The van der Waals surface area contributed by atoms with Gasteiger partial charge in [-0.1, -0.05) is 12.1 Å². The number of fused-ring (bicyclic) bond motifs is 1. The third kappa shape index (κ3) is 3.42. The van der Waals surface area contributed by atoms with Crippen molar-refractivity contribution in [2.24, 2.45) is 0 Å². The smallest absolute Gasteiger partial charge is 0.251 e. The van der Waals surface area contributed by atoms with Crippen LogP contribution >= 0.6 is 11.3 Å². The number of hydrogen-bond donors (Lipinski definition) is 2. The summed E-state index contributed by atoms with van der Waals surface area (Å²) in [4.78, 5) is 23.5. The predicted molar refractivity (Wildman–Crippen MR) is 106 cm³/mol. The van der Waals surface area contributed by atoms with Crippen LogP contribution in [0.25, 0.3) is 10.2 Å². The molecule has 1 aliphatic carbocycles. The van der Waals surface area contributed by atoms with Gasteiger partial charge in [0.1, 0.15) is 16.5 Å². The minimum absolute atomic E-state index is 0.0181. The lowest BCUT2D eigenvalue weighted by Gasteiger charge is -2.09. The van der Waals surface area contributed by atoms with Gasteiger partial charge in [0.2, 0.25) is 0 Å². The van der Waals surface area contributed by atoms with Crippen LogP contribution in [0.4, 0.5) is 5.82 Å². The summed E-state index contributed by atoms with van der Waals surface area (Å²) in [7, 11) is 0. The molecule has 1 aliphatic rings. The molecule has 2 aromatic heterocycles. The summed E-state index contributed by atoms with van der Waals surface area (Å²) >= 11 is 1.71. The number of carbonyl (C=O) groups excluding carboxylic acids is 1. The molecule has 3 aromatic rings. The van der Waals surface area contributed by atoms with Crippen LogP contribution in [-0.2, 0) is 6.54 Å². The van der Waals surface area contributed by atoms with Crippen molar-refractivity contribution in [3.63, 3.8) is 0 Å². The molecule has 0 unspecified atom stereocenters. The summed E-state index contributed by atoms with van der Waals surface area (Å²) in [5, 5.41) is 7.57. The Kier molecular flexibility index (Phi) is 4.36. The summed E-state index contributed by atoms with van der Waals surface area (Å²) in [5.41, 5.74) is 3.06. The van der Waals surface area contributed by atoms with Crippen LogP contribution in [0.5, 0.6) is 0 Å². The molecule has 0 radical (unpaired) electrons. The first-order chi connectivity index (χ1) is 12.5. The minimum atomic E-state index is 0.0181. The van der Waals surface area contributed by atoms with E-state index in [2.05, 4.69) is 34.4 Å². The fourth-order valence-electron chi connectivity index (χ4n) is 2.94. The molecular weight excluding hydrogens is 344 g/mol. The standard InChI is InChI=1S/C20H22N4OS/c1-11-12(2)26-20-17(11)18(22-13(3)23-20)21-10-14-4-6-15(7-5-14)19(25)24-16-8-9-16/h4-7,16H,8-10H2,1-3H3,(H,24,25)(H,21,22,23). The zero-order valence-corrected chi connectivity index (χ0v) is 16.0. The van der Waals surface area contributed by atoms with Gasteiger partial charge in [-0.15, -0.1) is 11.3 Å². The van der Waals surface area contributed by atoms with Crippen molar-refractivity contribution >= 4 is 33.3 Å². The Morgan fingerprint density at radius 3 is 2.58 bits per heavy atom. The average Bonchev–Trinajstić information content (AvgIpc) is 3.38. The van der Waals surface area contributed by atoms with E-state index in [-0.39, 0.29) is 5.91 Å². The van der Waals surface area contributed by atoms with E-state index in [0.717, 1.165) is 40.3 Å². The highest BCUT2D eigenvalue weighted by molar-refractivity contribution is 7.18. The molecule has 0 aliphatic heterocycles. The topological polar surface area (TPSA) is 66.9 Å². The van der Waals surface area contributed by atoms with Crippen LogP contribution in [-0.4, -0.2) is 21.9 Å². The van der Waals surface area contributed by atoms with E-state index in [0.29, 0.717) is 18.2 Å². The second-order valence-electron chi connectivity index (χ2n) is 6.88. The average molecular weight is 366 g/mol. The normalized spacial score (nSPS) is 13.8. The van der Waals surface area contributed by atoms with Gasteiger partial charge in [0.25, 0.3) is 5.91 Å². The van der Waals surface area contributed by atoms with Gasteiger partial charge in [-0.2, -0.15) is 0 Å². The summed E-state index contributed by atoms with van der Waals surface area (Å²) in [6.45, 7) is 6.81. The summed E-state index contributed by atoms with van der Waals surface area (Å²) in [5.74, 6) is 1.67. The van der Waals surface area contributed by atoms with Crippen molar-refractivity contribution in [3.8, 4) is 0 Å². The van der Waals surface area contributed by atoms with Crippen molar-refractivity contribution in [3.05, 3.63) is 51.7 Å². The Bertz CT molecular complexity index is 974. The van der Waals surface area contributed by atoms with Gasteiger partial charge in [-0.3, -0.25) is 4.79 Å². The number of carbonyl (C=O) groups is 1. The Balaban J connectivity index is 1.50. The second kappa shape index (κ2) is 6.68. The number of nitrogens with one attached hydrogen (secondary N) is 2. The third-order valence-electron chi connectivity index (χ3n) is 4.73. The Hall–Kier alpha value is -2.47. The number of thiophene rings is 1. The maximum atomic E-state index is 12.1. The van der Waals surface area contributed by atoms with Crippen LogP contribution in [0.2, 0.25) is 0 Å². The van der Waals surface area contributed by atoms with Crippen LogP contribution in [0.1, 0.15) is 45.0 Å². The highest BCUT2D eigenvalue weighted by Crippen LogP contribution is 2.33. The van der Waals surface area contributed by atoms with Gasteiger partial charge in [0.15, 0.2) is 0 Å². The lowest BCUT2D eigenvalue weighted by molar-refractivity contribution is 0.0951. The minimum Gasteiger partial charge on any atom is -0.365 e. The van der Waals surface area contributed by atoms with E-state index in [4.69, 9.17) is 0 Å². The Morgan fingerprint density at radius 1 is 1.15 bits per heavy atom. The molecule has 0 saturated heterocycles. The van der Waals surface area contributed by atoms with Gasteiger partial charge >= 0.3 is 0 Å². The van der Waals surface area contributed by atoms with Crippen LogP contribution in [0.3, 0.4) is 0 Å². The number of hydrogen-bond acceptors (Lipinski definition) is 5. The Labute approximate surface area is 156 Å². The number of amides is 1. The highest BCUT2D eigenvalue weighted by Gasteiger charge is 2.23. The summed E-state index contributed by atoms with van der Waals surface area (Å²) in [6, 6.07) is 8.13. The van der Waals surface area contributed by atoms with E-state index in [9.17, 15) is 4.79 Å². The van der Waals surface area contributed by atoms with E-state index in [1.54, 1.807) is 11.3 Å². The molecule has 0 spiro atoms. The van der Waals surface area contributed by atoms with Gasteiger partial charge in [-0.05, 0) is 56.9 Å². The third-order valence-corrected chi connectivity index (χ3v) is 5.83. The molecule has 5 nitrogen and oxygen atoms in total. The Morgan fingerprint density at radius 2 is 1.88 bits per heavy atom. The maximum absolute atomic E-state index is 12.1. The quantitative estimate of drug-likeness (QED) is 0.713. The number of anilines is 1. The second-order valence-corrected chi connectivity index (χ2v) is 8.08. The van der Waals surface area contributed by atoms with E-state index in [1.165, 1.54) is 10.4 Å². The van der Waals surface area contributed by atoms with Gasteiger partial charge in [-0.25, -0.2) is 9.97 Å². The molecule has 1 saturated carbocycles. The zero-order valence-electron chi connectivity index (χ0n) is 15.2. The molecule has 26 heavy (non-hydrogen) atoms. The molecule has 1 amide bonds. The molecule has 1 aromatic carbocycles. The van der Waals surface area contributed by atoms with E-state index >= 15 is 0 Å². The molecule has 0 bridgehead atoms. The molecule has 4 rings (SSSR count). The number of aromatic nitrogens is 2. The largest absolute Gasteiger partial charge is 0.365 e. The number of benzene rings is 1. The molecule has 2 N–H and O–H groups in total. The number of aryl methyl sites for hydroxylation is 3. The number of rotatable bonds is 5.